The third-order valence-electron chi connectivity index (χ3n) is 11.3. The van der Waals surface area contributed by atoms with Crippen LogP contribution in [0, 0.1) is 23.7 Å². The average Bonchev–Trinajstić information content (AvgIpc) is 3.34. The number of hydrogen-bond acceptors (Lipinski definition) is 9. The highest BCUT2D eigenvalue weighted by molar-refractivity contribution is 5.82. The number of ketones is 1. The SMILES string of the molecule is NCOc1cc(CCC(=O)[C@@H]2CC[C@@H]3C[C@@H]4C[C@@H](Cc5ccccc5)[C@H](c5cc(O)c(O)c(OCc6cccc(O)c6)c54)[C@@H]3[C@H]2O)ccc1O. The number of fused-ring (bicyclic) bond motifs is 1. The lowest BCUT2D eigenvalue weighted by Gasteiger charge is -2.45. The van der Waals surface area contributed by atoms with Crippen LogP contribution in [0.25, 0.3) is 0 Å². The third-order valence-corrected chi connectivity index (χ3v) is 11.3. The number of benzene rings is 4. The monoisotopic (exact) mass is 679 g/mol. The summed E-state index contributed by atoms with van der Waals surface area (Å²) >= 11 is 0. The molecule has 7 atom stereocenters. The summed E-state index contributed by atoms with van der Waals surface area (Å²) in [5, 5.41) is 54.6. The van der Waals surface area contributed by atoms with Crippen molar-refractivity contribution in [2.24, 2.45) is 29.4 Å². The van der Waals surface area contributed by atoms with Gasteiger partial charge in [-0.05, 0) is 121 Å². The number of phenolic OH excluding ortho intramolecular Hbond substituents is 4. The number of aliphatic hydroxyl groups is 1. The molecule has 0 radical (unpaired) electrons. The van der Waals surface area contributed by atoms with Gasteiger partial charge in [0.05, 0.1) is 6.10 Å². The van der Waals surface area contributed by atoms with Crippen molar-refractivity contribution in [2.75, 3.05) is 6.73 Å². The summed E-state index contributed by atoms with van der Waals surface area (Å²) in [5.41, 5.74) is 10.0. The van der Waals surface area contributed by atoms with Gasteiger partial charge in [0.1, 0.15) is 24.9 Å². The van der Waals surface area contributed by atoms with Crippen LogP contribution in [-0.4, -0.2) is 44.2 Å². The highest BCUT2D eigenvalue weighted by Gasteiger charge is 2.54. The molecule has 4 aliphatic carbocycles. The second kappa shape index (κ2) is 14.2. The molecule has 4 aliphatic rings. The molecule has 9 nitrogen and oxygen atoms in total. The molecule has 2 saturated carbocycles. The predicted octanol–water partition coefficient (Wildman–Crippen LogP) is 6.42. The number of rotatable bonds is 11. The average molecular weight is 680 g/mol. The fraction of sp³-hybridized carbons (Fsp3) is 0.390. The third kappa shape index (κ3) is 6.60. The highest BCUT2D eigenvalue weighted by atomic mass is 16.5. The first kappa shape index (κ1) is 33.8. The summed E-state index contributed by atoms with van der Waals surface area (Å²) < 4.78 is 11.6. The van der Waals surface area contributed by atoms with Crippen LogP contribution in [0.15, 0.2) is 78.9 Å². The van der Waals surface area contributed by atoms with E-state index in [1.54, 1.807) is 36.4 Å². The summed E-state index contributed by atoms with van der Waals surface area (Å²) in [6.45, 7) is 0.0153. The molecule has 4 aromatic carbocycles. The van der Waals surface area contributed by atoms with E-state index in [1.165, 1.54) is 11.6 Å². The van der Waals surface area contributed by atoms with E-state index in [9.17, 15) is 30.3 Å². The Bertz CT molecular complexity index is 1840. The van der Waals surface area contributed by atoms with Gasteiger partial charge in [-0.2, -0.15) is 0 Å². The van der Waals surface area contributed by atoms with Crippen molar-refractivity contribution < 1.29 is 39.8 Å². The number of phenols is 4. The first-order valence-corrected chi connectivity index (χ1v) is 17.6. The van der Waals surface area contributed by atoms with Crippen molar-refractivity contribution >= 4 is 5.78 Å². The minimum Gasteiger partial charge on any atom is -0.508 e. The molecule has 2 bridgehead atoms. The summed E-state index contributed by atoms with van der Waals surface area (Å²) in [5.74, 6) is -0.573. The second-order valence-electron chi connectivity index (χ2n) is 14.3. The quantitative estimate of drug-likeness (QED) is 0.0776. The molecule has 2 fully saturated rings. The molecular weight excluding hydrogens is 634 g/mol. The largest absolute Gasteiger partial charge is 0.508 e. The number of aromatic hydroxyl groups is 4. The Kier molecular flexibility index (Phi) is 9.62. The number of nitrogens with two attached hydrogens (primary N) is 1. The number of aliphatic hydroxyl groups excluding tert-OH is 1. The Morgan fingerprint density at radius 1 is 0.820 bits per heavy atom. The van der Waals surface area contributed by atoms with E-state index in [4.69, 9.17) is 15.2 Å². The molecular formula is C41H45NO8. The minimum absolute atomic E-state index is 0.00707. The topological polar surface area (TPSA) is 163 Å². The Hall–Kier alpha value is -4.73. The lowest BCUT2D eigenvalue weighted by atomic mass is 9.60. The Morgan fingerprint density at radius 2 is 1.62 bits per heavy atom. The lowest BCUT2D eigenvalue weighted by Crippen LogP contribution is -2.46. The van der Waals surface area contributed by atoms with Gasteiger partial charge in [-0.1, -0.05) is 48.5 Å². The van der Waals surface area contributed by atoms with Gasteiger partial charge >= 0.3 is 0 Å². The second-order valence-corrected chi connectivity index (χ2v) is 14.3. The molecule has 0 aromatic heterocycles. The van der Waals surface area contributed by atoms with Crippen molar-refractivity contribution in [3.8, 4) is 34.5 Å². The predicted molar refractivity (Wildman–Crippen MR) is 187 cm³/mol. The molecule has 50 heavy (non-hydrogen) atoms. The van der Waals surface area contributed by atoms with Gasteiger partial charge < -0.3 is 35.0 Å². The smallest absolute Gasteiger partial charge is 0.200 e. The zero-order valence-electron chi connectivity index (χ0n) is 27.9. The molecule has 0 amide bonds. The normalized spacial score (nSPS) is 25.3. The van der Waals surface area contributed by atoms with E-state index in [1.807, 2.05) is 24.3 Å². The Balaban J connectivity index is 1.21. The summed E-state index contributed by atoms with van der Waals surface area (Å²) in [6, 6.07) is 23.7. The van der Waals surface area contributed by atoms with Crippen LogP contribution in [-0.2, 0) is 24.2 Å². The van der Waals surface area contributed by atoms with Crippen molar-refractivity contribution in [3.05, 3.63) is 107 Å². The van der Waals surface area contributed by atoms with Crippen LogP contribution in [0.1, 0.15) is 71.8 Å². The lowest BCUT2D eigenvalue weighted by molar-refractivity contribution is -0.132. The maximum Gasteiger partial charge on any atom is 0.200 e. The Morgan fingerprint density at radius 3 is 2.40 bits per heavy atom. The van der Waals surface area contributed by atoms with Gasteiger partial charge in [-0.25, -0.2) is 0 Å². The van der Waals surface area contributed by atoms with Gasteiger partial charge in [-0.3, -0.25) is 10.5 Å². The number of ether oxygens (including phenoxy) is 2. The van der Waals surface area contributed by atoms with Crippen LogP contribution in [0.2, 0.25) is 0 Å². The van der Waals surface area contributed by atoms with E-state index >= 15 is 0 Å². The van der Waals surface area contributed by atoms with Crippen LogP contribution in [0.4, 0.5) is 0 Å². The molecule has 0 saturated heterocycles. The highest BCUT2D eigenvalue weighted by Crippen LogP contribution is 2.63. The molecule has 8 rings (SSSR count). The van der Waals surface area contributed by atoms with Crippen LogP contribution in [0.3, 0.4) is 0 Å². The van der Waals surface area contributed by atoms with Crippen LogP contribution < -0.4 is 15.2 Å². The van der Waals surface area contributed by atoms with E-state index in [0.29, 0.717) is 12.8 Å². The van der Waals surface area contributed by atoms with Gasteiger partial charge in [-0.15, -0.1) is 0 Å². The molecule has 4 aromatic rings. The zero-order chi connectivity index (χ0) is 34.9. The first-order chi connectivity index (χ1) is 24.2. The van der Waals surface area contributed by atoms with Gasteiger partial charge in [0.15, 0.2) is 23.0 Å². The van der Waals surface area contributed by atoms with Crippen molar-refractivity contribution in [3.63, 3.8) is 0 Å². The van der Waals surface area contributed by atoms with Crippen molar-refractivity contribution in [1.82, 2.24) is 0 Å². The number of carbonyl (C=O) groups excluding carboxylic acids is 1. The molecule has 262 valence electrons. The fourth-order valence-electron chi connectivity index (χ4n) is 9.23. The molecule has 7 N–H and O–H groups in total. The first-order valence-electron chi connectivity index (χ1n) is 17.6. The van der Waals surface area contributed by atoms with Gasteiger partial charge in [0, 0.05) is 17.9 Å². The van der Waals surface area contributed by atoms with E-state index in [0.717, 1.165) is 47.9 Å². The van der Waals surface area contributed by atoms with E-state index in [2.05, 4.69) is 12.1 Å². The van der Waals surface area contributed by atoms with E-state index in [-0.39, 0.29) is 89.6 Å². The molecule has 0 spiro atoms. The molecule has 0 heterocycles. The minimum atomic E-state index is -0.877. The van der Waals surface area contributed by atoms with Crippen molar-refractivity contribution in [1.29, 1.82) is 0 Å². The Labute approximate surface area is 291 Å². The number of Topliss-reactive ketones (excluding diaryl/α,β-unsaturated/α-hetero) is 1. The maximum atomic E-state index is 13.9. The van der Waals surface area contributed by atoms with Crippen LogP contribution >= 0.6 is 0 Å². The molecule has 9 heteroatoms. The number of aryl methyl sites for hydroxylation is 1. The summed E-state index contributed by atoms with van der Waals surface area (Å²) in [7, 11) is 0. The van der Waals surface area contributed by atoms with Crippen molar-refractivity contribution in [2.45, 2.75) is 69.5 Å². The fourth-order valence-corrected chi connectivity index (χ4v) is 9.23. The van der Waals surface area contributed by atoms with Gasteiger partial charge in [0.2, 0.25) is 5.75 Å². The molecule has 0 unspecified atom stereocenters. The van der Waals surface area contributed by atoms with Gasteiger partial charge in [0.25, 0.3) is 0 Å². The number of hydrogen-bond donors (Lipinski definition) is 6. The maximum absolute atomic E-state index is 13.9. The summed E-state index contributed by atoms with van der Waals surface area (Å²) in [6.07, 6.45) is 3.58. The molecule has 0 aliphatic heterocycles. The van der Waals surface area contributed by atoms with Crippen LogP contribution in [0.5, 0.6) is 34.5 Å². The van der Waals surface area contributed by atoms with E-state index < -0.39 is 12.0 Å². The number of carbonyl (C=O) groups is 1. The standard InChI is InChI=1S/C41H45NO8/c42-22-50-35-17-24(10-14-33(35)45)9-13-32(44)30-12-11-26-18-28-19-27(15-23-5-2-1-3-6-23)36(38(26)39(30)47)31-20-34(46)40(48)41(37(28)31)49-21-25-7-4-8-29(43)16-25/h1-8,10,14,16-17,20,26-28,30,36,38-39,43,45-48H,9,11-13,15,18-19,21-22,42H2/t26-,27-,28-,30+,36-,38-,39+/m1/s1. The zero-order valence-corrected chi connectivity index (χ0v) is 27.9. The summed E-state index contributed by atoms with van der Waals surface area (Å²) in [4.78, 5) is 13.9.